The molecular weight excluding hydrogens is 358 g/mol. The highest BCUT2D eigenvalue weighted by Crippen LogP contribution is 2.39. The van der Waals surface area contributed by atoms with E-state index in [0.29, 0.717) is 24.0 Å². The van der Waals surface area contributed by atoms with Crippen molar-refractivity contribution in [1.82, 2.24) is 4.57 Å². The highest BCUT2D eigenvalue weighted by atomic mass is 16.6. The zero-order chi connectivity index (χ0) is 19.7. The van der Waals surface area contributed by atoms with Crippen LogP contribution in [0.5, 0.6) is 17.4 Å². The minimum atomic E-state index is -0.871. The molecule has 0 saturated carbocycles. The Morgan fingerprint density at radius 3 is 2.68 bits per heavy atom. The molecule has 1 aliphatic rings. The van der Waals surface area contributed by atoms with E-state index >= 15 is 0 Å². The smallest absolute Gasteiger partial charge is 0.308 e. The zero-order valence-corrected chi connectivity index (χ0v) is 15.7. The van der Waals surface area contributed by atoms with Gasteiger partial charge in [0.15, 0.2) is 17.2 Å². The van der Waals surface area contributed by atoms with E-state index in [1.165, 1.54) is 0 Å². The quantitative estimate of drug-likeness (QED) is 0.679. The minimum absolute atomic E-state index is 0.00221. The lowest BCUT2D eigenvalue weighted by Gasteiger charge is -2.23. The van der Waals surface area contributed by atoms with Crippen LogP contribution in [0.15, 0.2) is 58.8 Å². The van der Waals surface area contributed by atoms with E-state index in [2.05, 4.69) is 24.1 Å². The number of carbonyl (C=O) groups excluding carboxylic acids is 1. The second-order valence-electron chi connectivity index (χ2n) is 7.10. The predicted molar refractivity (Wildman–Crippen MR) is 104 cm³/mol. The van der Waals surface area contributed by atoms with Crippen LogP contribution in [0.4, 0.5) is 5.69 Å². The molecule has 1 amide bonds. The zero-order valence-electron chi connectivity index (χ0n) is 15.7. The second-order valence-corrected chi connectivity index (χ2v) is 7.10. The van der Waals surface area contributed by atoms with Crippen LogP contribution in [0.25, 0.3) is 10.9 Å². The van der Waals surface area contributed by atoms with Gasteiger partial charge < -0.3 is 19.1 Å². The molecule has 28 heavy (non-hydrogen) atoms. The molecular formula is C21H21N3O4. The molecule has 7 heteroatoms. The van der Waals surface area contributed by atoms with Gasteiger partial charge in [-0.1, -0.05) is 44.2 Å². The van der Waals surface area contributed by atoms with Gasteiger partial charge in [-0.15, -0.1) is 10.2 Å². The number of aromatic nitrogens is 1. The van der Waals surface area contributed by atoms with Crippen molar-refractivity contribution in [2.75, 3.05) is 6.61 Å². The van der Waals surface area contributed by atoms with Crippen molar-refractivity contribution in [2.24, 2.45) is 16.1 Å². The largest absolute Gasteiger partial charge is 0.493 e. The first-order chi connectivity index (χ1) is 13.5. The lowest BCUT2D eigenvalue weighted by Crippen LogP contribution is -2.35. The van der Waals surface area contributed by atoms with Crippen LogP contribution in [0.1, 0.15) is 13.8 Å². The molecule has 0 bridgehead atoms. The molecule has 0 unspecified atom stereocenters. The third kappa shape index (κ3) is 3.31. The summed E-state index contributed by atoms with van der Waals surface area (Å²) in [5, 5.41) is 19.3. The Balaban J connectivity index is 1.61. The maximum absolute atomic E-state index is 12.5. The second kappa shape index (κ2) is 7.34. The van der Waals surface area contributed by atoms with Gasteiger partial charge in [0.2, 0.25) is 12.0 Å². The van der Waals surface area contributed by atoms with E-state index in [9.17, 15) is 9.90 Å². The molecule has 3 aromatic rings. The highest BCUT2D eigenvalue weighted by Gasteiger charge is 2.27. The Kier molecular flexibility index (Phi) is 4.73. The molecule has 0 radical (unpaired) electrons. The van der Waals surface area contributed by atoms with E-state index in [0.717, 1.165) is 10.9 Å². The molecule has 0 fully saturated rings. The molecule has 0 saturated heterocycles. The van der Waals surface area contributed by atoms with Crippen LogP contribution < -0.4 is 9.47 Å². The number of benzene rings is 2. The molecule has 0 aliphatic carbocycles. The van der Waals surface area contributed by atoms with Gasteiger partial charge in [-0.25, -0.2) is 0 Å². The summed E-state index contributed by atoms with van der Waals surface area (Å²) in [6.45, 7) is 4.83. The van der Waals surface area contributed by atoms with E-state index in [-0.39, 0.29) is 18.2 Å². The van der Waals surface area contributed by atoms with Crippen LogP contribution in [0, 0.1) is 5.92 Å². The van der Waals surface area contributed by atoms with E-state index in [1.807, 2.05) is 30.3 Å². The van der Waals surface area contributed by atoms with Gasteiger partial charge in [0, 0.05) is 11.9 Å². The van der Waals surface area contributed by atoms with E-state index in [4.69, 9.17) is 9.47 Å². The molecule has 1 aliphatic heterocycles. The number of aromatic hydroxyl groups is 1. The summed E-state index contributed by atoms with van der Waals surface area (Å²) in [4.78, 5) is 12.5. The number of ether oxygens (including phenoxy) is 2. The summed E-state index contributed by atoms with van der Waals surface area (Å²) in [5.74, 6) is 0.866. The third-order valence-electron chi connectivity index (χ3n) is 4.50. The van der Waals surface area contributed by atoms with Crippen molar-refractivity contribution in [3.8, 4) is 17.4 Å². The van der Waals surface area contributed by atoms with Gasteiger partial charge in [0.05, 0.1) is 5.52 Å². The van der Waals surface area contributed by atoms with Gasteiger partial charge in [0.1, 0.15) is 6.61 Å². The average molecular weight is 379 g/mol. The van der Waals surface area contributed by atoms with E-state index in [1.54, 1.807) is 22.8 Å². The maximum Gasteiger partial charge on any atom is 0.308 e. The van der Waals surface area contributed by atoms with Crippen molar-refractivity contribution in [3.63, 3.8) is 0 Å². The number of hydrogen-bond acceptors (Lipinski definition) is 5. The van der Waals surface area contributed by atoms with Crippen molar-refractivity contribution in [2.45, 2.75) is 26.5 Å². The van der Waals surface area contributed by atoms with Gasteiger partial charge >= 0.3 is 5.91 Å². The number of para-hydroxylation sites is 3. The lowest BCUT2D eigenvalue weighted by molar-refractivity contribution is -0.127. The number of carbonyl (C=O) groups is 1. The van der Waals surface area contributed by atoms with Crippen molar-refractivity contribution in [1.29, 1.82) is 0 Å². The minimum Gasteiger partial charge on any atom is -0.493 e. The van der Waals surface area contributed by atoms with Gasteiger partial charge in [0.25, 0.3) is 0 Å². The summed E-state index contributed by atoms with van der Waals surface area (Å²) >= 11 is 0. The standard InChI is InChI=1S/C21H21N3O4/c1-13(2)11-24-15-8-4-3-7-14(15)19(21(24)26)22-23-20(25)18-12-27-16-9-5-6-10-17(16)28-18/h3-10,13,18,26H,11-12H2,1-2H3/t18-/m0/s1. The van der Waals surface area contributed by atoms with Gasteiger partial charge in [-0.3, -0.25) is 4.79 Å². The maximum atomic E-state index is 12.5. The van der Waals surface area contributed by atoms with Crippen molar-refractivity contribution < 1.29 is 19.4 Å². The normalized spacial score (nSPS) is 16.2. The van der Waals surface area contributed by atoms with Gasteiger partial charge in [-0.2, -0.15) is 0 Å². The Morgan fingerprint density at radius 1 is 1.18 bits per heavy atom. The van der Waals surface area contributed by atoms with Crippen molar-refractivity contribution in [3.05, 3.63) is 48.5 Å². The Hall–Kier alpha value is -3.35. The number of azo groups is 1. The molecule has 0 spiro atoms. The Bertz CT molecular complexity index is 1050. The number of nitrogens with zero attached hydrogens (tertiary/aromatic N) is 3. The van der Waals surface area contributed by atoms with Crippen LogP contribution >= 0.6 is 0 Å². The van der Waals surface area contributed by atoms with Crippen LogP contribution in [-0.4, -0.2) is 28.3 Å². The molecule has 1 N–H and O–H groups in total. The molecule has 2 heterocycles. The molecule has 144 valence electrons. The highest BCUT2D eigenvalue weighted by molar-refractivity contribution is 5.95. The summed E-state index contributed by atoms with van der Waals surface area (Å²) in [6, 6.07) is 14.7. The van der Waals surface area contributed by atoms with Crippen LogP contribution in [-0.2, 0) is 11.3 Å². The molecule has 1 atom stereocenters. The van der Waals surface area contributed by atoms with E-state index < -0.39 is 12.0 Å². The third-order valence-corrected chi connectivity index (χ3v) is 4.50. The fraction of sp³-hybridized carbons (Fsp3) is 0.286. The first-order valence-electron chi connectivity index (χ1n) is 9.19. The van der Waals surface area contributed by atoms with Crippen molar-refractivity contribution >= 4 is 22.5 Å². The first-order valence-corrected chi connectivity index (χ1v) is 9.19. The summed E-state index contributed by atoms with van der Waals surface area (Å²) in [5.41, 5.74) is 1.13. The first kappa shape index (κ1) is 18.0. The summed E-state index contributed by atoms with van der Waals surface area (Å²) < 4.78 is 13.0. The molecule has 7 nitrogen and oxygen atoms in total. The number of amides is 1. The predicted octanol–water partition coefficient (Wildman–Crippen LogP) is 4.45. The fourth-order valence-corrected chi connectivity index (χ4v) is 3.23. The van der Waals surface area contributed by atoms with Gasteiger partial charge in [-0.05, 0) is 24.1 Å². The average Bonchev–Trinajstić information content (AvgIpc) is 2.96. The summed E-state index contributed by atoms with van der Waals surface area (Å²) in [7, 11) is 0. The molecule has 4 rings (SSSR count). The molecule has 1 aromatic heterocycles. The Labute approximate surface area is 162 Å². The van der Waals surface area contributed by atoms with Crippen LogP contribution in [0.3, 0.4) is 0 Å². The Morgan fingerprint density at radius 2 is 1.89 bits per heavy atom. The number of fused-ring (bicyclic) bond motifs is 2. The summed E-state index contributed by atoms with van der Waals surface area (Å²) in [6.07, 6.45) is -0.871. The molecule has 2 aromatic carbocycles. The monoisotopic (exact) mass is 379 g/mol. The topological polar surface area (TPSA) is 85.4 Å². The number of hydrogen-bond donors (Lipinski definition) is 1. The lowest BCUT2D eigenvalue weighted by atomic mass is 10.2. The SMILES string of the molecule is CC(C)Cn1c(O)c(N=NC(=O)[C@@H]2COc3ccccc3O2)c2ccccc21. The fourth-order valence-electron chi connectivity index (χ4n) is 3.23. The number of rotatable bonds is 4. The van der Waals surface area contributed by atoms with Crippen LogP contribution in [0.2, 0.25) is 0 Å².